The number of hydrogen-bond acceptors (Lipinski definition) is 5. The fraction of sp³-hybridized carbons (Fsp3) is 0.250. The van der Waals surface area contributed by atoms with Crippen molar-refractivity contribution in [1.29, 1.82) is 0 Å². The fourth-order valence-corrected chi connectivity index (χ4v) is 2.75. The van der Waals surface area contributed by atoms with Gasteiger partial charge in [0, 0.05) is 25.4 Å². The van der Waals surface area contributed by atoms with Gasteiger partial charge in [0.25, 0.3) is 10.0 Å². The Kier molecular flexibility index (Phi) is 3.96. The Hall–Kier alpha value is -2.06. The summed E-state index contributed by atoms with van der Waals surface area (Å²) in [6.07, 6.45) is 1.67. The zero-order chi connectivity index (χ0) is 14.8. The van der Waals surface area contributed by atoms with E-state index in [1.165, 1.54) is 23.9 Å². The second-order valence-corrected chi connectivity index (χ2v) is 5.84. The number of nitrogens with two attached hydrogens (primary N) is 1. The minimum atomic E-state index is -3.69. The number of rotatable bonds is 5. The molecule has 0 aliphatic heterocycles. The van der Waals surface area contributed by atoms with E-state index in [2.05, 4.69) is 9.82 Å². The highest BCUT2D eigenvalue weighted by molar-refractivity contribution is 7.92. The van der Waals surface area contributed by atoms with E-state index >= 15 is 0 Å². The van der Waals surface area contributed by atoms with Crippen molar-refractivity contribution >= 4 is 15.8 Å². The molecule has 108 valence electrons. The van der Waals surface area contributed by atoms with Crippen molar-refractivity contribution < 1.29 is 13.2 Å². The second kappa shape index (κ2) is 5.51. The average Bonchev–Trinajstić information content (AvgIpc) is 2.78. The largest absolute Gasteiger partial charge is 0.497 e. The summed E-state index contributed by atoms with van der Waals surface area (Å²) in [4.78, 5) is 0.131. The maximum Gasteiger partial charge on any atom is 0.263 e. The third kappa shape index (κ3) is 2.91. The van der Waals surface area contributed by atoms with Gasteiger partial charge in [-0.2, -0.15) is 5.10 Å². The van der Waals surface area contributed by atoms with Crippen molar-refractivity contribution in [3.05, 3.63) is 36.0 Å². The van der Waals surface area contributed by atoms with Crippen LogP contribution in [0.4, 0.5) is 5.82 Å². The molecule has 1 aromatic carbocycles. The molecule has 3 N–H and O–H groups in total. The summed E-state index contributed by atoms with van der Waals surface area (Å²) >= 11 is 0. The summed E-state index contributed by atoms with van der Waals surface area (Å²) in [5.41, 5.74) is 6.18. The molecule has 0 saturated heterocycles. The molecule has 0 spiro atoms. The molecule has 2 rings (SSSR count). The van der Waals surface area contributed by atoms with E-state index in [1.54, 1.807) is 25.4 Å². The molecule has 7 nitrogen and oxygen atoms in total. The number of nitrogens with zero attached hydrogens (tertiary/aromatic N) is 2. The average molecular weight is 296 g/mol. The Morgan fingerprint density at radius 1 is 1.35 bits per heavy atom. The Balaban J connectivity index is 2.30. The monoisotopic (exact) mass is 296 g/mol. The Labute approximate surface area is 117 Å². The minimum Gasteiger partial charge on any atom is -0.497 e. The molecule has 1 aromatic heterocycles. The number of ether oxygens (including phenoxy) is 1. The van der Waals surface area contributed by atoms with Crippen molar-refractivity contribution in [1.82, 2.24) is 9.78 Å². The van der Waals surface area contributed by atoms with Gasteiger partial charge in [-0.3, -0.25) is 9.40 Å². The van der Waals surface area contributed by atoms with E-state index in [-0.39, 0.29) is 17.3 Å². The fourth-order valence-electron chi connectivity index (χ4n) is 1.71. The van der Waals surface area contributed by atoms with Gasteiger partial charge >= 0.3 is 0 Å². The molecule has 0 fully saturated rings. The van der Waals surface area contributed by atoms with Crippen molar-refractivity contribution in [2.24, 2.45) is 12.8 Å². The molecule has 0 aliphatic rings. The molecule has 0 amide bonds. The van der Waals surface area contributed by atoms with Crippen LogP contribution in [0.2, 0.25) is 0 Å². The Bertz CT molecular complexity index is 692. The zero-order valence-corrected chi connectivity index (χ0v) is 12.0. The number of sulfonamides is 1. The summed E-state index contributed by atoms with van der Waals surface area (Å²) in [7, 11) is -0.479. The molecule has 8 heteroatoms. The van der Waals surface area contributed by atoms with E-state index in [1.807, 2.05) is 0 Å². The number of anilines is 1. The maximum atomic E-state index is 12.2. The number of aryl methyl sites for hydroxylation is 1. The quantitative estimate of drug-likeness (QED) is 0.845. The van der Waals surface area contributed by atoms with Crippen LogP contribution in [-0.2, 0) is 23.6 Å². The summed E-state index contributed by atoms with van der Waals surface area (Å²) in [5.74, 6) is 0.829. The van der Waals surface area contributed by atoms with Gasteiger partial charge in [-0.05, 0) is 24.3 Å². The van der Waals surface area contributed by atoms with Crippen molar-refractivity contribution in [3.63, 3.8) is 0 Å². The first kappa shape index (κ1) is 14.4. The smallest absolute Gasteiger partial charge is 0.263 e. The van der Waals surface area contributed by atoms with E-state index < -0.39 is 10.0 Å². The third-order valence-electron chi connectivity index (χ3n) is 2.73. The molecule has 0 radical (unpaired) electrons. The van der Waals surface area contributed by atoms with Gasteiger partial charge in [0.05, 0.1) is 12.0 Å². The highest BCUT2D eigenvalue weighted by Crippen LogP contribution is 2.20. The van der Waals surface area contributed by atoms with Crippen molar-refractivity contribution in [2.75, 3.05) is 11.8 Å². The van der Waals surface area contributed by atoms with E-state index in [4.69, 9.17) is 10.5 Å². The predicted molar refractivity (Wildman–Crippen MR) is 74.9 cm³/mol. The van der Waals surface area contributed by atoms with Gasteiger partial charge in [-0.25, -0.2) is 8.42 Å². The van der Waals surface area contributed by atoms with Crippen LogP contribution in [0, 0.1) is 0 Å². The molecule has 0 bridgehead atoms. The first-order valence-electron chi connectivity index (χ1n) is 5.85. The van der Waals surface area contributed by atoms with Crippen LogP contribution in [0.15, 0.2) is 35.4 Å². The molecule has 0 aliphatic carbocycles. The van der Waals surface area contributed by atoms with Crippen LogP contribution in [0.5, 0.6) is 5.75 Å². The van der Waals surface area contributed by atoms with E-state index in [0.29, 0.717) is 11.3 Å². The predicted octanol–water partition coefficient (Wildman–Crippen LogP) is 0.688. The van der Waals surface area contributed by atoms with Crippen molar-refractivity contribution in [3.8, 4) is 5.75 Å². The first-order valence-corrected chi connectivity index (χ1v) is 7.34. The number of aromatic nitrogens is 2. The van der Waals surface area contributed by atoms with Crippen LogP contribution in [0.25, 0.3) is 0 Å². The van der Waals surface area contributed by atoms with Gasteiger partial charge < -0.3 is 10.5 Å². The van der Waals surface area contributed by atoms with Gasteiger partial charge in [0.15, 0.2) is 5.82 Å². The molecule has 0 atom stereocenters. The van der Waals surface area contributed by atoms with Crippen LogP contribution < -0.4 is 15.2 Å². The lowest BCUT2D eigenvalue weighted by Gasteiger charge is -2.07. The van der Waals surface area contributed by atoms with Gasteiger partial charge in [0.2, 0.25) is 0 Å². The minimum absolute atomic E-state index is 0.131. The Morgan fingerprint density at radius 3 is 2.55 bits per heavy atom. The molecular weight excluding hydrogens is 280 g/mol. The topological polar surface area (TPSA) is 99.2 Å². The van der Waals surface area contributed by atoms with Crippen LogP contribution in [-0.4, -0.2) is 25.3 Å². The lowest BCUT2D eigenvalue weighted by molar-refractivity contribution is 0.414. The normalized spacial score (nSPS) is 11.3. The molecular formula is C12H16N4O3S. The maximum absolute atomic E-state index is 12.2. The van der Waals surface area contributed by atoms with E-state index in [9.17, 15) is 8.42 Å². The van der Waals surface area contributed by atoms with Gasteiger partial charge in [0.1, 0.15) is 5.75 Å². The summed E-state index contributed by atoms with van der Waals surface area (Å²) in [6.45, 7) is 0.203. The number of benzene rings is 1. The second-order valence-electron chi connectivity index (χ2n) is 4.16. The zero-order valence-electron chi connectivity index (χ0n) is 11.2. The summed E-state index contributed by atoms with van der Waals surface area (Å²) in [6, 6.07) is 6.09. The van der Waals surface area contributed by atoms with Crippen molar-refractivity contribution in [2.45, 2.75) is 11.4 Å². The lowest BCUT2D eigenvalue weighted by Crippen LogP contribution is -2.15. The highest BCUT2D eigenvalue weighted by atomic mass is 32.2. The third-order valence-corrected chi connectivity index (χ3v) is 4.08. The van der Waals surface area contributed by atoms with Crippen LogP contribution >= 0.6 is 0 Å². The molecule has 2 aromatic rings. The Morgan fingerprint density at radius 2 is 2.00 bits per heavy atom. The number of nitrogens with one attached hydrogen (secondary N) is 1. The SMILES string of the molecule is COc1ccc(S(=O)(=O)Nc2nn(C)cc2CN)cc1. The van der Waals surface area contributed by atoms with Gasteiger partial charge in [-0.15, -0.1) is 0 Å². The molecule has 20 heavy (non-hydrogen) atoms. The first-order chi connectivity index (χ1) is 9.46. The van der Waals surface area contributed by atoms with E-state index in [0.717, 1.165) is 0 Å². The summed E-state index contributed by atoms with van der Waals surface area (Å²) in [5, 5.41) is 4.05. The molecule has 1 heterocycles. The van der Waals surface area contributed by atoms with Crippen LogP contribution in [0.3, 0.4) is 0 Å². The highest BCUT2D eigenvalue weighted by Gasteiger charge is 2.17. The molecule has 0 unspecified atom stereocenters. The lowest BCUT2D eigenvalue weighted by atomic mass is 10.3. The van der Waals surface area contributed by atoms with Gasteiger partial charge in [-0.1, -0.05) is 0 Å². The number of hydrogen-bond donors (Lipinski definition) is 2. The summed E-state index contributed by atoms with van der Waals surface area (Å²) < 4.78 is 33.4. The molecule has 0 saturated carbocycles. The number of methoxy groups -OCH3 is 1. The standard InChI is InChI=1S/C12H16N4O3S/c1-16-8-9(7-13)12(14-16)15-20(17,18)11-5-3-10(19-2)4-6-11/h3-6,8H,7,13H2,1-2H3,(H,14,15). The van der Waals surface area contributed by atoms with Crippen LogP contribution in [0.1, 0.15) is 5.56 Å².